The number of nitrogens with zero attached hydrogens (tertiary/aromatic N) is 4. The molecule has 2 aliphatic heterocycles. The SMILES string of the molecule is Nc1cccc(Oc2c3nc(c(-c4ccccc4)c4ccc([n-]4)c(Oc4cccc(N)c4)c4ccc([n-]4)c(-c4ccccc4)c4nc2C=C4)C=C3)c1.[Ni+2]. The fraction of sp³-hybridized carbons (Fsp3) is 0. The molecule has 0 aliphatic carbocycles. The van der Waals surface area contributed by atoms with Gasteiger partial charge in [0.1, 0.15) is 22.9 Å². The third-order valence-electron chi connectivity index (χ3n) is 8.80. The quantitative estimate of drug-likeness (QED) is 0.128. The fourth-order valence-electron chi connectivity index (χ4n) is 6.44. The Balaban J connectivity index is 0.00000400. The second-order valence-corrected chi connectivity index (χ2v) is 12.4. The zero-order chi connectivity index (χ0) is 35.0. The van der Waals surface area contributed by atoms with E-state index in [1.807, 2.05) is 121 Å². The summed E-state index contributed by atoms with van der Waals surface area (Å²) in [6, 6.07) is 42.7. The standard InChI is InChI=1S/C44H30N6O2.Ni/c45-29-13-7-15-31(25-29)51-43-37-21-17-33(47-37)41(27-9-3-1-4-10-27)34-18-22-38(48-34)44(52-32-16-8-14-30(46)26-32)40-24-20-36(50-40)42(28-11-5-2-6-12-28)35-19-23-39(43)49-35;/h1-26H,45-46H2;/q-2;+2. The molecule has 4 N–H and O–H groups in total. The fourth-order valence-corrected chi connectivity index (χ4v) is 6.44. The topological polar surface area (TPSA) is 124 Å². The Morgan fingerprint density at radius 2 is 0.830 bits per heavy atom. The van der Waals surface area contributed by atoms with E-state index >= 15 is 0 Å². The van der Waals surface area contributed by atoms with Crippen LogP contribution in [0, 0.1) is 0 Å². The van der Waals surface area contributed by atoms with Gasteiger partial charge in [-0.05, 0) is 70.8 Å². The van der Waals surface area contributed by atoms with Gasteiger partial charge in [0.25, 0.3) is 0 Å². The number of ether oxygens (including phenoxy) is 2. The van der Waals surface area contributed by atoms with Gasteiger partial charge >= 0.3 is 16.5 Å². The Hall–Kier alpha value is -6.83. The van der Waals surface area contributed by atoms with E-state index in [1.165, 1.54) is 0 Å². The van der Waals surface area contributed by atoms with E-state index in [4.69, 9.17) is 40.9 Å². The third kappa shape index (κ3) is 6.57. The molecule has 9 heteroatoms. The van der Waals surface area contributed by atoms with Crippen molar-refractivity contribution in [2.24, 2.45) is 0 Å². The van der Waals surface area contributed by atoms with Crippen LogP contribution in [0.3, 0.4) is 0 Å². The molecule has 9 rings (SSSR count). The maximum atomic E-state index is 6.59. The number of hydrogen-bond donors (Lipinski definition) is 2. The molecule has 0 amide bonds. The van der Waals surface area contributed by atoms with Crippen LogP contribution < -0.4 is 30.9 Å². The van der Waals surface area contributed by atoms with Crippen molar-refractivity contribution in [2.45, 2.75) is 0 Å². The van der Waals surface area contributed by atoms with Gasteiger partial charge < -0.3 is 30.9 Å². The van der Waals surface area contributed by atoms with Crippen LogP contribution >= 0.6 is 0 Å². The molecule has 0 atom stereocenters. The van der Waals surface area contributed by atoms with Crippen molar-refractivity contribution in [2.75, 3.05) is 11.5 Å². The minimum Gasteiger partial charge on any atom is -0.654 e. The van der Waals surface area contributed by atoms with Crippen LogP contribution in [0.15, 0.2) is 133 Å². The smallest absolute Gasteiger partial charge is 0.654 e. The average molecular weight is 733 g/mol. The first-order valence-electron chi connectivity index (χ1n) is 16.8. The molecular formula is C44H30N6NiO2. The average Bonchev–Trinajstić information content (AvgIpc) is 4.00. The van der Waals surface area contributed by atoms with Crippen molar-refractivity contribution in [1.82, 2.24) is 19.9 Å². The van der Waals surface area contributed by atoms with Crippen molar-refractivity contribution in [3.05, 3.63) is 156 Å². The Bertz CT molecular complexity index is 2580. The minimum absolute atomic E-state index is 0. The molecule has 0 unspecified atom stereocenters. The summed E-state index contributed by atoms with van der Waals surface area (Å²) < 4.78 is 13.2. The van der Waals surface area contributed by atoms with E-state index in [2.05, 4.69) is 24.3 Å². The van der Waals surface area contributed by atoms with E-state index in [9.17, 15) is 0 Å². The molecule has 8 bridgehead atoms. The normalized spacial score (nSPS) is 11.6. The van der Waals surface area contributed by atoms with Crippen LogP contribution in [-0.2, 0) is 16.5 Å². The Morgan fingerprint density at radius 3 is 1.28 bits per heavy atom. The van der Waals surface area contributed by atoms with Gasteiger partial charge in [-0.1, -0.05) is 108 Å². The van der Waals surface area contributed by atoms with E-state index < -0.39 is 0 Å². The second-order valence-electron chi connectivity index (χ2n) is 12.4. The number of fused-ring (bicyclic) bond motifs is 8. The molecule has 2 aliphatic rings. The second kappa shape index (κ2) is 14.1. The molecule has 0 saturated carbocycles. The summed E-state index contributed by atoms with van der Waals surface area (Å²) in [5, 5.41) is 0. The summed E-state index contributed by atoms with van der Waals surface area (Å²) in [4.78, 5) is 20.7. The van der Waals surface area contributed by atoms with Gasteiger partial charge in [-0.2, -0.15) is 0 Å². The zero-order valence-electron chi connectivity index (χ0n) is 28.1. The first-order chi connectivity index (χ1) is 25.6. The summed E-state index contributed by atoms with van der Waals surface area (Å²) in [5.41, 5.74) is 22.4. The van der Waals surface area contributed by atoms with Gasteiger partial charge in [-0.25, -0.2) is 9.97 Å². The van der Waals surface area contributed by atoms with Crippen LogP contribution in [0.1, 0.15) is 22.8 Å². The van der Waals surface area contributed by atoms with Gasteiger partial charge in [0.05, 0.1) is 17.1 Å². The maximum absolute atomic E-state index is 6.59. The predicted molar refractivity (Wildman–Crippen MR) is 210 cm³/mol. The van der Waals surface area contributed by atoms with Crippen molar-refractivity contribution in [1.29, 1.82) is 0 Å². The number of benzene rings is 4. The number of hydrogen-bond acceptors (Lipinski definition) is 6. The summed E-state index contributed by atoms with van der Waals surface area (Å²) >= 11 is 0. The summed E-state index contributed by atoms with van der Waals surface area (Å²) in [6.45, 7) is 0. The van der Waals surface area contributed by atoms with Crippen molar-refractivity contribution in [3.63, 3.8) is 0 Å². The Labute approximate surface area is 315 Å². The molecule has 7 aromatic rings. The molecule has 53 heavy (non-hydrogen) atoms. The molecular weight excluding hydrogens is 703 g/mol. The molecule has 0 saturated heterocycles. The number of rotatable bonds is 6. The zero-order valence-corrected chi connectivity index (χ0v) is 29.1. The number of anilines is 2. The van der Waals surface area contributed by atoms with Crippen molar-refractivity contribution in [3.8, 4) is 45.3 Å². The largest absolute Gasteiger partial charge is 2.00 e. The van der Waals surface area contributed by atoms with Crippen LogP contribution in [-0.4, -0.2) is 9.97 Å². The monoisotopic (exact) mass is 732 g/mol. The molecule has 5 heterocycles. The number of nitrogen functional groups attached to an aromatic ring is 2. The van der Waals surface area contributed by atoms with Crippen molar-refractivity contribution >= 4 is 57.7 Å². The van der Waals surface area contributed by atoms with E-state index in [0.717, 1.165) is 44.7 Å². The first kappa shape index (κ1) is 33.3. The molecule has 8 nitrogen and oxygen atoms in total. The maximum Gasteiger partial charge on any atom is 2.00 e. The van der Waals surface area contributed by atoms with E-state index in [-0.39, 0.29) is 16.5 Å². The molecule has 0 spiro atoms. The van der Waals surface area contributed by atoms with Crippen LogP contribution in [0.5, 0.6) is 23.0 Å². The van der Waals surface area contributed by atoms with Gasteiger partial charge in [0.15, 0.2) is 5.75 Å². The molecule has 258 valence electrons. The Morgan fingerprint density at radius 1 is 0.415 bits per heavy atom. The first-order valence-corrected chi connectivity index (χ1v) is 16.8. The number of nitrogens with two attached hydrogens (primary N) is 2. The van der Waals surface area contributed by atoms with Crippen LogP contribution in [0.25, 0.3) is 68.6 Å². The summed E-state index contributed by atoms with van der Waals surface area (Å²) in [5.74, 6) is 2.14. The van der Waals surface area contributed by atoms with Gasteiger partial charge in [-0.15, -0.1) is 11.0 Å². The summed E-state index contributed by atoms with van der Waals surface area (Å²) in [6.07, 6.45) is 7.86. The Kier molecular flexibility index (Phi) is 8.84. The third-order valence-corrected chi connectivity index (χ3v) is 8.80. The number of aromatic nitrogens is 4. The van der Waals surface area contributed by atoms with Gasteiger partial charge in [-0.3, -0.25) is 0 Å². The molecule has 3 aromatic heterocycles. The van der Waals surface area contributed by atoms with Crippen LogP contribution in [0.2, 0.25) is 0 Å². The van der Waals surface area contributed by atoms with Gasteiger partial charge in [0, 0.05) is 23.5 Å². The molecule has 4 aromatic carbocycles. The minimum atomic E-state index is 0. The summed E-state index contributed by atoms with van der Waals surface area (Å²) in [7, 11) is 0. The predicted octanol–water partition coefficient (Wildman–Crippen LogP) is 9.99. The van der Waals surface area contributed by atoms with Gasteiger partial charge in [0.2, 0.25) is 0 Å². The van der Waals surface area contributed by atoms with Crippen molar-refractivity contribution < 1.29 is 26.0 Å². The molecule has 0 fully saturated rings. The van der Waals surface area contributed by atoms with Crippen LogP contribution in [0.4, 0.5) is 11.4 Å². The molecule has 0 radical (unpaired) electrons. The van der Waals surface area contributed by atoms with E-state index in [0.29, 0.717) is 56.8 Å². The van der Waals surface area contributed by atoms with E-state index in [1.54, 1.807) is 12.1 Å².